The first-order valence-electron chi connectivity index (χ1n) is 6.53. The second-order valence-corrected chi connectivity index (χ2v) is 5.48. The average molecular weight is 253 g/mol. The van der Waals surface area contributed by atoms with Gasteiger partial charge < -0.3 is 10.0 Å². The summed E-state index contributed by atoms with van der Waals surface area (Å²) in [4.78, 5) is 1.96. The van der Waals surface area contributed by atoms with E-state index in [1.807, 2.05) is 11.9 Å². The minimum Gasteiger partial charge on any atom is -0.389 e. The molecule has 0 fully saturated rings. The number of aliphatic hydroxyl groups excluding tert-OH is 1. The predicted octanol–water partition coefficient (Wildman–Crippen LogP) is 3.75. The van der Waals surface area contributed by atoms with E-state index in [4.69, 9.17) is 0 Å². The average Bonchev–Trinajstić information content (AvgIpc) is 2.26. The van der Waals surface area contributed by atoms with Crippen molar-refractivity contribution in [3.63, 3.8) is 0 Å². The third kappa shape index (κ3) is 3.70. The molecular formula is C15H24FNO. The quantitative estimate of drug-likeness (QED) is 0.864. The van der Waals surface area contributed by atoms with Crippen LogP contribution in [0.15, 0.2) is 18.2 Å². The van der Waals surface area contributed by atoms with Crippen LogP contribution in [0.2, 0.25) is 0 Å². The van der Waals surface area contributed by atoms with Crippen molar-refractivity contribution in [2.45, 2.75) is 46.3 Å². The van der Waals surface area contributed by atoms with Gasteiger partial charge in [-0.3, -0.25) is 0 Å². The summed E-state index contributed by atoms with van der Waals surface area (Å²) in [6.07, 6.45) is 0.389. The van der Waals surface area contributed by atoms with Gasteiger partial charge >= 0.3 is 0 Å². The molecule has 0 saturated carbocycles. The minimum atomic E-state index is -0.632. The Balaban J connectivity index is 2.89. The fourth-order valence-electron chi connectivity index (χ4n) is 2.15. The van der Waals surface area contributed by atoms with E-state index in [2.05, 4.69) is 20.8 Å². The van der Waals surface area contributed by atoms with E-state index in [-0.39, 0.29) is 11.9 Å². The van der Waals surface area contributed by atoms with Crippen LogP contribution in [-0.4, -0.2) is 18.2 Å². The molecule has 0 saturated heterocycles. The van der Waals surface area contributed by atoms with Crippen LogP contribution in [0.1, 0.15) is 45.8 Å². The van der Waals surface area contributed by atoms with Gasteiger partial charge in [-0.2, -0.15) is 0 Å². The molecule has 1 aromatic carbocycles. The van der Waals surface area contributed by atoms with Crippen molar-refractivity contribution in [2.24, 2.45) is 5.92 Å². The lowest BCUT2D eigenvalue weighted by Gasteiger charge is -2.29. The summed E-state index contributed by atoms with van der Waals surface area (Å²) in [5.74, 6) is 0.314. The summed E-state index contributed by atoms with van der Waals surface area (Å²) in [7, 11) is 1.91. The van der Waals surface area contributed by atoms with Crippen LogP contribution in [0.25, 0.3) is 0 Å². The van der Waals surface area contributed by atoms with Crippen molar-refractivity contribution in [1.29, 1.82) is 0 Å². The summed E-state index contributed by atoms with van der Waals surface area (Å²) in [5, 5.41) is 9.43. The minimum absolute atomic E-state index is 0.272. The molecule has 1 unspecified atom stereocenters. The molecule has 0 amide bonds. The molecule has 18 heavy (non-hydrogen) atoms. The lowest BCUT2D eigenvalue weighted by molar-refractivity contribution is 0.199. The number of benzene rings is 1. The van der Waals surface area contributed by atoms with Crippen LogP contribution in [0, 0.1) is 11.7 Å². The zero-order valence-corrected chi connectivity index (χ0v) is 11.9. The lowest BCUT2D eigenvalue weighted by Crippen LogP contribution is -2.30. The highest BCUT2D eigenvalue weighted by molar-refractivity contribution is 5.49. The van der Waals surface area contributed by atoms with E-state index >= 15 is 0 Å². The van der Waals surface area contributed by atoms with E-state index in [9.17, 15) is 9.50 Å². The Labute approximate surface area is 109 Å². The van der Waals surface area contributed by atoms with Crippen LogP contribution in [0.4, 0.5) is 10.1 Å². The van der Waals surface area contributed by atoms with E-state index < -0.39 is 6.10 Å². The SMILES string of the molecule is CC(C)CC(C)N(C)c1ccc([C@H](C)O)cc1F. The molecule has 0 aliphatic carbocycles. The maximum absolute atomic E-state index is 14.0. The molecule has 0 heterocycles. The molecule has 102 valence electrons. The number of hydrogen-bond acceptors (Lipinski definition) is 2. The Hall–Kier alpha value is -1.09. The highest BCUT2D eigenvalue weighted by Crippen LogP contribution is 2.25. The largest absolute Gasteiger partial charge is 0.389 e. The molecule has 2 atom stereocenters. The zero-order chi connectivity index (χ0) is 13.9. The molecule has 1 aromatic rings. The second kappa shape index (κ2) is 6.19. The fraction of sp³-hybridized carbons (Fsp3) is 0.600. The normalized spacial score (nSPS) is 14.7. The van der Waals surface area contributed by atoms with Crippen molar-refractivity contribution in [3.8, 4) is 0 Å². The van der Waals surface area contributed by atoms with E-state index in [0.29, 0.717) is 17.2 Å². The van der Waals surface area contributed by atoms with Gasteiger partial charge in [0.2, 0.25) is 0 Å². The Morgan fingerprint density at radius 1 is 1.22 bits per heavy atom. The first-order chi connectivity index (χ1) is 8.32. The van der Waals surface area contributed by atoms with Crippen LogP contribution in [0.3, 0.4) is 0 Å². The van der Waals surface area contributed by atoms with Gasteiger partial charge in [0, 0.05) is 13.1 Å². The summed E-state index contributed by atoms with van der Waals surface area (Å²) >= 11 is 0. The van der Waals surface area contributed by atoms with Gasteiger partial charge in [-0.25, -0.2) is 4.39 Å². The van der Waals surface area contributed by atoms with Crippen molar-refractivity contribution < 1.29 is 9.50 Å². The number of nitrogens with zero attached hydrogens (tertiary/aromatic N) is 1. The summed E-state index contributed by atoms with van der Waals surface area (Å²) < 4.78 is 14.0. The Morgan fingerprint density at radius 2 is 1.83 bits per heavy atom. The van der Waals surface area contributed by atoms with Gasteiger partial charge in [0.1, 0.15) is 5.82 Å². The Kier molecular flexibility index (Phi) is 5.15. The molecule has 1 N–H and O–H groups in total. The van der Waals surface area contributed by atoms with E-state index in [1.165, 1.54) is 6.07 Å². The standard InChI is InChI=1S/C15H24FNO/c1-10(2)8-11(3)17(5)15-7-6-13(12(4)18)9-14(15)16/h6-7,9-12,18H,8H2,1-5H3/t11?,12-/m0/s1. The molecule has 0 radical (unpaired) electrons. The lowest BCUT2D eigenvalue weighted by atomic mass is 10.0. The van der Waals surface area contributed by atoms with Gasteiger partial charge in [0.25, 0.3) is 0 Å². The topological polar surface area (TPSA) is 23.5 Å². The smallest absolute Gasteiger partial charge is 0.146 e. The first kappa shape index (κ1) is 15.0. The monoisotopic (exact) mass is 253 g/mol. The third-order valence-corrected chi connectivity index (χ3v) is 3.31. The summed E-state index contributed by atoms with van der Waals surface area (Å²) in [5.41, 5.74) is 1.20. The predicted molar refractivity (Wildman–Crippen MR) is 74.4 cm³/mol. The highest BCUT2D eigenvalue weighted by Gasteiger charge is 2.16. The molecule has 0 aromatic heterocycles. The van der Waals surface area contributed by atoms with Crippen LogP contribution in [-0.2, 0) is 0 Å². The molecule has 2 nitrogen and oxygen atoms in total. The maximum atomic E-state index is 14.0. The molecule has 1 rings (SSSR count). The number of anilines is 1. The zero-order valence-electron chi connectivity index (χ0n) is 11.9. The van der Waals surface area contributed by atoms with Crippen LogP contribution in [0.5, 0.6) is 0 Å². The number of rotatable bonds is 5. The number of halogens is 1. The van der Waals surface area contributed by atoms with Gasteiger partial charge in [0.15, 0.2) is 0 Å². The second-order valence-electron chi connectivity index (χ2n) is 5.48. The van der Waals surface area contributed by atoms with Gasteiger partial charge in [-0.1, -0.05) is 19.9 Å². The van der Waals surface area contributed by atoms with Crippen molar-refractivity contribution in [3.05, 3.63) is 29.6 Å². The van der Waals surface area contributed by atoms with Gasteiger partial charge in [0.05, 0.1) is 11.8 Å². The molecule has 3 heteroatoms. The third-order valence-electron chi connectivity index (χ3n) is 3.31. The molecule has 0 aliphatic heterocycles. The summed E-state index contributed by atoms with van der Waals surface area (Å²) in [6, 6.07) is 5.23. The Morgan fingerprint density at radius 3 is 2.28 bits per heavy atom. The fourth-order valence-corrected chi connectivity index (χ4v) is 2.15. The van der Waals surface area contributed by atoms with Crippen LogP contribution >= 0.6 is 0 Å². The Bertz CT molecular complexity index is 390. The summed E-state index contributed by atoms with van der Waals surface area (Å²) in [6.45, 7) is 8.07. The molecular weight excluding hydrogens is 229 g/mol. The molecule has 0 bridgehead atoms. The molecule has 0 spiro atoms. The number of hydrogen-bond donors (Lipinski definition) is 1. The van der Waals surface area contributed by atoms with Crippen LogP contribution < -0.4 is 4.90 Å². The number of aliphatic hydroxyl groups is 1. The first-order valence-corrected chi connectivity index (χ1v) is 6.53. The molecule has 0 aliphatic rings. The van der Waals surface area contributed by atoms with E-state index in [1.54, 1.807) is 19.1 Å². The van der Waals surface area contributed by atoms with Crippen molar-refractivity contribution in [2.75, 3.05) is 11.9 Å². The van der Waals surface area contributed by atoms with Gasteiger partial charge in [-0.05, 0) is 43.9 Å². The maximum Gasteiger partial charge on any atom is 0.146 e. The van der Waals surface area contributed by atoms with E-state index in [0.717, 1.165) is 6.42 Å². The van der Waals surface area contributed by atoms with Gasteiger partial charge in [-0.15, -0.1) is 0 Å². The van der Waals surface area contributed by atoms with Crippen molar-refractivity contribution in [1.82, 2.24) is 0 Å². The van der Waals surface area contributed by atoms with Crippen molar-refractivity contribution >= 4 is 5.69 Å². The highest BCUT2D eigenvalue weighted by atomic mass is 19.1.